The van der Waals surface area contributed by atoms with Crippen LogP contribution in [0.4, 0.5) is 5.69 Å². The molecule has 2 aliphatic rings. The fourth-order valence-electron chi connectivity index (χ4n) is 10.2. The molecule has 4 heterocycles. The topological polar surface area (TPSA) is 130 Å². The minimum atomic E-state index is -3.47. The number of hydrogen-bond donors (Lipinski definition) is 0. The molecule has 0 amide bonds. The monoisotopic (exact) mass is 1010 g/mol. The van der Waals surface area contributed by atoms with Gasteiger partial charge in [0.05, 0.1) is 29.9 Å². The maximum atomic E-state index is 13.9. The molecule has 374 valence electrons. The number of piperazine rings is 1. The number of halogens is 1. The van der Waals surface area contributed by atoms with Crippen molar-refractivity contribution in [3.05, 3.63) is 125 Å². The number of ether oxygens (including phenoxy) is 4. The SMILES string of the molecule is COC(=O)c1c(CCCO[Si](c2ccccc2)(c2ccccc2)C(C)(C)C)c2ccc(Cl)c(-c3c(COc4ccc(N5CCN(S(=O)(=O)N(C)C)CC5)cc4)nn(C)c3COC3CCCCO3)c2n1C. The number of hydrogen-bond acceptors (Lipinski definition) is 10. The van der Waals surface area contributed by atoms with Crippen molar-refractivity contribution < 1.29 is 36.6 Å². The Morgan fingerprint density at radius 3 is 2.11 bits per heavy atom. The minimum absolute atomic E-state index is 0.108. The van der Waals surface area contributed by atoms with Crippen LogP contribution in [-0.2, 0) is 62.6 Å². The Kier molecular flexibility index (Phi) is 15.9. The van der Waals surface area contributed by atoms with Crippen LogP contribution >= 0.6 is 11.6 Å². The highest BCUT2D eigenvalue weighted by Crippen LogP contribution is 2.43. The number of fused-ring (bicyclic) bond motifs is 1. The molecule has 6 aromatic rings. The second kappa shape index (κ2) is 21.8. The lowest BCUT2D eigenvalue weighted by Crippen LogP contribution is -2.66. The highest BCUT2D eigenvalue weighted by Gasteiger charge is 2.50. The lowest BCUT2D eigenvalue weighted by molar-refractivity contribution is -0.169. The van der Waals surface area contributed by atoms with Crippen LogP contribution in [0, 0.1) is 0 Å². The second-order valence-electron chi connectivity index (χ2n) is 19.3. The fourth-order valence-corrected chi connectivity index (χ4v) is 16.1. The largest absolute Gasteiger partial charge is 0.487 e. The summed E-state index contributed by atoms with van der Waals surface area (Å²) >= 11 is 7.35. The third-order valence-corrected chi connectivity index (χ3v) is 21.0. The molecule has 2 aliphatic heterocycles. The zero-order valence-corrected chi connectivity index (χ0v) is 44.3. The molecule has 4 aromatic carbocycles. The van der Waals surface area contributed by atoms with Crippen molar-refractivity contribution in [1.82, 2.24) is 23.0 Å². The molecular weight excluding hydrogens is 944 g/mol. The van der Waals surface area contributed by atoms with E-state index in [1.54, 1.807) is 14.1 Å². The molecule has 17 heteroatoms. The summed E-state index contributed by atoms with van der Waals surface area (Å²) in [5, 5.41) is 8.64. The van der Waals surface area contributed by atoms with E-state index in [2.05, 4.69) is 74.2 Å². The van der Waals surface area contributed by atoms with E-state index in [0.29, 0.717) is 80.0 Å². The third-order valence-electron chi connectivity index (χ3n) is 13.7. The Labute approximate surface area is 419 Å². The van der Waals surface area contributed by atoms with Crippen molar-refractivity contribution in [3.8, 4) is 16.9 Å². The van der Waals surface area contributed by atoms with Crippen LogP contribution in [0.5, 0.6) is 5.75 Å². The minimum Gasteiger partial charge on any atom is -0.487 e. The summed E-state index contributed by atoms with van der Waals surface area (Å²) in [6.07, 6.45) is 3.65. The average Bonchev–Trinajstić information content (AvgIpc) is 3.83. The Hall–Kier alpha value is -5.04. The molecule has 70 heavy (non-hydrogen) atoms. The Morgan fingerprint density at radius 1 is 0.871 bits per heavy atom. The standard InChI is InChI=1S/C53H67ClN6O8SSi/c1-53(2,3)70(40-18-11-9-12-19-40,41-20-13-10-14-21-41)68-35-17-22-42-43-28-29-44(54)48(50(43)57(6)51(42)52(61)64-8)49-45(55-58(7)46(49)37-67-47-23-15-16-34-65-47)36-66-39-26-24-38(25-27-39)59-30-32-60(33-31-59)69(62,63)56(4)5/h9-14,18-21,24-29,47H,15-17,22-23,30-37H2,1-8H3. The summed E-state index contributed by atoms with van der Waals surface area (Å²) in [6.45, 7) is 10.2. The van der Waals surface area contributed by atoms with E-state index >= 15 is 0 Å². The molecule has 0 N–H and O–H groups in total. The number of anilines is 1. The Morgan fingerprint density at radius 2 is 1.53 bits per heavy atom. The van der Waals surface area contributed by atoms with Gasteiger partial charge < -0.3 is 32.8 Å². The number of esters is 1. The molecular formula is C53H67ClN6O8SSi. The number of carbonyl (C=O) groups excluding carboxylic acids is 1. The molecule has 1 unspecified atom stereocenters. The third kappa shape index (κ3) is 10.3. The van der Waals surface area contributed by atoms with E-state index < -0.39 is 24.5 Å². The summed E-state index contributed by atoms with van der Waals surface area (Å²) < 4.78 is 63.6. The number of benzene rings is 4. The van der Waals surface area contributed by atoms with Crippen LogP contribution in [0.3, 0.4) is 0 Å². The number of rotatable bonds is 18. The molecule has 0 saturated carbocycles. The predicted molar refractivity (Wildman–Crippen MR) is 279 cm³/mol. The number of carbonyl (C=O) groups is 1. The summed E-state index contributed by atoms with van der Waals surface area (Å²) in [5.74, 6) is 0.196. The van der Waals surface area contributed by atoms with Gasteiger partial charge in [0, 0.05) is 89.8 Å². The van der Waals surface area contributed by atoms with E-state index in [1.165, 1.54) is 26.1 Å². The normalized spacial score (nSPS) is 16.3. The van der Waals surface area contributed by atoms with Gasteiger partial charge in [0.2, 0.25) is 0 Å². The van der Waals surface area contributed by atoms with Gasteiger partial charge >= 0.3 is 5.97 Å². The maximum Gasteiger partial charge on any atom is 0.354 e. The highest BCUT2D eigenvalue weighted by atomic mass is 35.5. The lowest BCUT2D eigenvalue weighted by atomic mass is 9.98. The van der Waals surface area contributed by atoms with Crippen LogP contribution in [0.2, 0.25) is 10.1 Å². The van der Waals surface area contributed by atoms with Gasteiger partial charge in [0.25, 0.3) is 18.5 Å². The van der Waals surface area contributed by atoms with Crippen LogP contribution in [0.25, 0.3) is 22.0 Å². The molecule has 0 bridgehead atoms. The molecule has 2 saturated heterocycles. The molecule has 2 aromatic heterocycles. The average molecular weight is 1010 g/mol. The summed E-state index contributed by atoms with van der Waals surface area (Å²) in [7, 11) is 2.02. The number of aryl methyl sites for hydroxylation is 3. The Bertz CT molecular complexity index is 2820. The predicted octanol–water partition coefficient (Wildman–Crippen LogP) is 8.08. The molecule has 0 aliphatic carbocycles. The van der Waals surface area contributed by atoms with Crippen molar-refractivity contribution in [2.45, 2.75) is 77.4 Å². The van der Waals surface area contributed by atoms with Gasteiger partial charge in [-0.2, -0.15) is 22.1 Å². The van der Waals surface area contributed by atoms with Crippen LogP contribution < -0.4 is 20.0 Å². The van der Waals surface area contributed by atoms with Gasteiger partial charge in [0.15, 0.2) is 6.29 Å². The summed E-state index contributed by atoms with van der Waals surface area (Å²) in [6, 6.07) is 32.9. The molecule has 0 radical (unpaired) electrons. The molecule has 2 fully saturated rings. The van der Waals surface area contributed by atoms with Gasteiger partial charge in [-0.15, -0.1) is 0 Å². The molecule has 1 atom stereocenters. The number of aromatic nitrogens is 3. The smallest absolute Gasteiger partial charge is 0.354 e. The van der Waals surface area contributed by atoms with Crippen molar-refractivity contribution in [2.24, 2.45) is 14.1 Å². The first-order valence-electron chi connectivity index (χ1n) is 24.1. The van der Waals surface area contributed by atoms with Crippen molar-refractivity contribution in [3.63, 3.8) is 0 Å². The fraction of sp³-hybridized carbons (Fsp3) is 0.434. The maximum absolute atomic E-state index is 13.9. The van der Waals surface area contributed by atoms with Crippen LogP contribution in [0.1, 0.15) is 73.9 Å². The van der Waals surface area contributed by atoms with Crippen molar-refractivity contribution >= 4 is 63.1 Å². The first-order valence-corrected chi connectivity index (χ1v) is 27.8. The number of nitrogens with zero attached hydrogens (tertiary/aromatic N) is 6. The van der Waals surface area contributed by atoms with E-state index in [4.69, 9.17) is 40.1 Å². The van der Waals surface area contributed by atoms with Crippen LogP contribution in [0.15, 0.2) is 97.1 Å². The summed E-state index contributed by atoms with van der Waals surface area (Å²) in [4.78, 5) is 16.1. The second-order valence-corrected chi connectivity index (χ2v) is 26.1. The zero-order valence-electron chi connectivity index (χ0n) is 41.7. The van der Waals surface area contributed by atoms with E-state index in [9.17, 15) is 13.2 Å². The van der Waals surface area contributed by atoms with Gasteiger partial charge in [-0.05, 0) is 83.4 Å². The molecule has 0 spiro atoms. The van der Waals surface area contributed by atoms with Gasteiger partial charge in [-0.25, -0.2) is 4.79 Å². The highest BCUT2D eigenvalue weighted by molar-refractivity contribution is 7.86. The van der Waals surface area contributed by atoms with Gasteiger partial charge in [0.1, 0.15) is 23.7 Å². The Balaban J connectivity index is 1.12. The number of methoxy groups -OCH3 is 1. The summed E-state index contributed by atoms with van der Waals surface area (Å²) in [5.41, 5.74) is 5.94. The first kappa shape index (κ1) is 51.3. The van der Waals surface area contributed by atoms with Crippen molar-refractivity contribution in [1.29, 1.82) is 0 Å². The van der Waals surface area contributed by atoms with E-state index in [-0.39, 0.29) is 24.5 Å². The van der Waals surface area contributed by atoms with E-state index in [1.807, 2.05) is 71.9 Å². The molecule has 14 nitrogen and oxygen atoms in total. The lowest BCUT2D eigenvalue weighted by Gasteiger charge is -2.43. The van der Waals surface area contributed by atoms with Crippen molar-refractivity contribution in [2.75, 3.05) is 65.5 Å². The van der Waals surface area contributed by atoms with Gasteiger partial charge in [-0.1, -0.05) is 99.1 Å². The molecule has 8 rings (SSSR count). The van der Waals surface area contributed by atoms with Crippen LogP contribution in [-0.4, -0.2) is 113 Å². The van der Waals surface area contributed by atoms with Gasteiger partial charge in [-0.3, -0.25) is 4.68 Å². The zero-order chi connectivity index (χ0) is 49.8. The van der Waals surface area contributed by atoms with E-state index in [0.717, 1.165) is 52.7 Å². The quantitative estimate of drug-likeness (QED) is 0.0474. The first-order chi connectivity index (χ1) is 33.6.